The highest BCUT2D eigenvalue weighted by atomic mass is 16.5. The van der Waals surface area contributed by atoms with Gasteiger partial charge in [0.2, 0.25) is 0 Å². The van der Waals surface area contributed by atoms with Gasteiger partial charge in [0.05, 0.1) is 19.8 Å². The number of benzene rings is 1. The number of nitrogens with one attached hydrogen (secondary N) is 3. The highest BCUT2D eigenvalue weighted by molar-refractivity contribution is 5.89. The summed E-state index contributed by atoms with van der Waals surface area (Å²) in [5.74, 6) is 0.809. The van der Waals surface area contributed by atoms with Crippen LogP contribution in [0.5, 0.6) is 0 Å². The quantitative estimate of drug-likeness (QED) is 0.468. The number of morpholine rings is 1. The number of rotatable bonds is 7. The van der Waals surface area contributed by atoms with Gasteiger partial charge in [0, 0.05) is 51.0 Å². The van der Waals surface area contributed by atoms with Gasteiger partial charge in [-0.2, -0.15) is 0 Å². The molecule has 166 valence electrons. The fourth-order valence-corrected chi connectivity index (χ4v) is 3.77. The highest BCUT2D eigenvalue weighted by Crippen LogP contribution is 2.14. The summed E-state index contributed by atoms with van der Waals surface area (Å²) in [6.07, 6.45) is 2.18. The van der Waals surface area contributed by atoms with Crippen molar-refractivity contribution in [2.75, 3.05) is 57.8 Å². The van der Waals surface area contributed by atoms with Crippen molar-refractivity contribution in [3.63, 3.8) is 0 Å². The Kier molecular flexibility index (Phi) is 8.77. The van der Waals surface area contributed by atoms with Gasteiger partial charge in [-0.1, -0.05) is 12.1 Å². The molecule has 0 aromatic heterocycles. The number of guanidine groups is 1. The molecule has 0 aliphatic carbocycles. The fourth-order valence-electron chi connectivity index (χ4n) is 3.77. The molecule has 30 heavy (non-hydrogen) atoms. The Bertz CT molecular complexity index is 699. The Morgan fingerprint density at radius 1 is 1.17 bits per heavy atom. The molecule has 8 nitrogen and oxygen atoms in total. The van der Waals surface area contributed by atoms with Crippen LogP contribution in [0.3, 0.4) is 0 Å². The minimum Gasteiger partial charge on any atom is -0.379 e. The Labute approximate surface area is 180 Å². The summed E-state index contributed by atoms with van der Waals surface area (Å²) >= 11 is 0. The van der Waals surface area contributed by atoms with E-state index in [4.69, 9.17) is 9.73 Å². The van der Waals surface area contributed by atoms with Crippen LogP contribution in [0.2, 0.25) is 0 Å². The van der Waals surface area contributed by atoms with Gasteiger partial charge in [-0.15, -0.1) is 0 Å². The predicted molar refractivity (Wildman–Crippen MR) is 121 cm³/mol. The molecule has 2 aliphatic rings. The second kappa shape index (κ2) is 11.8. The predicted octanol–water partition coefficient (Wildman–Crippen LogP) is 2.09. The van der Waals surface area contributed by atoms with E-state index in [9.17, 15) is 4.79 Å². The molecular weight excluding hydrogens is 380 g/mol. The lowest BCUT2D eigenvalue weighted by Crippen LogP contribution is -2.49. The van der Waals surface area contributed by atoms with Crippen LogP contribution in [0.1, 0.15) is 32.3 Å². The number of carbonyl (C=O) groups excluding carboxylic acids is 1. The van der Waals surface area contributed by atoms with Crippen LogP contribution in [0.15, 0.2) is 29.3 Å². The summed E-state index contributed by atoms with van der Waals surface area (Å²) in [4.78, 5) is 21.3. The van der Waals surface area contributed by atoms with Gasteiger partial charge in [0.25, 0.3) is 0 Å². The Hall–Kier alpha value is -2.32. The largest absolute Gasteiger partial charge is 0.379 e. The van der Waals surface area contributed by atoms with Crippen LogP contribution in [0.4, 0.5) is 10.5 Å². The molecule has 2 saturated heterocycles. The number of carbonyl (C=O) groups is 1. The first kappa shape index (κ1) is 22.4. The maximum absolute atomic E-state index is 12.3. The topological polar surface area (TPSA) is 81.2 Å². The molecule has 0 radical (unpaired) electrons. The SMILES string of the molecule is CCNC(=NCc1cccc(NC(=O)N2CCCC2)c1)NCC(C)N1CCOCC1. The van der Waals surface area contributed by atoms with Gasteiger partial charge in [-0.3, -0.25) is 4.90 Å². The van der Waals surface area contributed by atoms with E-state index in [1.165, 1.54) is 0 Å². The first-order chi connectivity index (χ1) is 14.7. The molecule has 0 saturated carbocycles. The maximum atomic E-state index is 12.3. The molecule has 2 amide bonds. The number of likely N-dealkylation sites (tertiary alicyclic amines) is 1. The summed E-state index contributed by atoms with van der Waals surface area (Å²) < 4.78 is 5.44. The third kappa shape index (κ3) is 6.88. The van der Waals surface area contributed by atoms with E-state index in [1.807, 2.05) is 29.2 Å². The molecule has 3 rings (SSSR count). The number of anilines is 1. The highest BCUT2D eigenvalue weighted by Gasteiger charge is 2.18. The van der Waals surface area contributed by atoms with Crippen LogP contribution in [0.25, 0.3) is 0 Å². The molecule has 1 unspecified atom stereocenters. The third-order valence-corrected chi connectivity index (χ3v) is 5.57. The lowest BCUT2D eigenvalue weighted by Gasteiger charge is -2.32. The van der Waals surface area contributed by atoms with Crippen molar-refractivity contribution in [1.29, 1.82) is 0 Å². The molecular formula is C22H36N6O2. The van der Waals surface area contributed by atoms with Crippen molar-refractivity contribution in [3.05, 3.63) is 29.8 Å². The zero-order valence-corrected chi connectivity index (χ0v) is 18.3. The number of nitrogens with zero attached hydrogens (tertiary/aromatic N) is 3. The molecule has 2 aliphatic heterocycles. The van der Waals surface area contributed by atoms with E-state index < -0.39 is 0 Å². The molecule has 1 aromatic carbocycles. The average Bonchev–Trinajstić information content (AvgIpc) is 3.31. The number of ether oxygens (including phenoxy) is 1. The van der Waals surface area contributed by atoms with Gasteiger partial charge in [0.15, 0.2) is 5.96 Å². The maximum Gasteiger partial charge on any atom is 0.321 e. The van der Waals surface area contributed by atoms with Crippen molar-refractivity contribution < 1.29 is 9.53 Å². The number of urea groups is 1. The Morgan fingerprint density at radius 2 is 1.93 bits per heavy atom. The molecule has 8 heteroatoms. The van der Waals surface area contributed by atoms with Crippen molar-refractivity contribution in [3.8, 4) is 0 Å². The van der Waals surface area contributed by atoms with Gasteiger partial charge in [-0.05, 0) is 44.4 Å². The minimum absolute atomic E-state index is 0.0137. The summed E-state index contributed by atoms with van der Waals surface area (Å²) in [6, 6.07) is 8.33. The number of hydrogen-bond acceptors (Lipinski definition) is 4. The fraction of sp³-hybridized carbons (Fsp3) is 0.636. The van der Waals surface area contributed by atoms with Gasteiger partial charge < -0.3 is 25.6 Å². The van der Waals surface area contributed by atoms with Crippen LogP contribution in [-0.2, 0) is 11.3 Å². The van der Waals surface area contributed by atoms with E-state index in [0.29, 0.717) is 12.6 Å². The zero-order chi connectivity index (χ0) is 21.2. The molecule has 2 heterocycles. The van der Waals surface area contributed by atoms with Crippen LogP contribution in [0, 0.1) is 0 Å². The monoisotopic (exact) mass is 416 g/mol. The lowest BCUT2D eigenvalue weighted by molar-refractivity contribution is 0.0211. The second-order valence-corrected chi connectivity index (χ2v) is 7.90. The van der Waals surface area contributed by atoms with E-state index in [0.717, 1.165) is 82.5 Å². The molecule has 1 atom stereocenters. The number of aliphatic imine (C=N–C) groups is 1. The summed E-state index contributed by atoms with van der Waals surface area (Å²) in [5.41, 5.74) is 1.88. The van der Waals surface area contributed by atoms with Crippen molar-refractivity contribution >= 4 is 17.7 Å². The standard InChI is InChI=1S/C22H36N6O2/c1-3-23-21(24-16-18(2)27-11-13-30-14-12-27)25-17-19-7-6-8-20(15-19)26-22(29)28-9-4-5-10-28/h6-8,15,18H,3-5,9-14,16-17H2,1-2H3,(H,26,29)(H2,23,24,25). The van der Waals surface area contributed by atoms with E-state index in [-0.39, 0.29) is 6.03 Å². The molecule has 2 fully saturated rings. The number of hydrogen-bond donors (Lipinski definition) is 3. The van der Waals surface area contributed by atoms with Gasteiger partial charge >= 0.3 is 6.03 Å². The van der Waals surface area contributed by atoms with Crippen LogP contribution in [-0.4, -0.2) is 80.3 Å². The van der Waals surface area contributed by atoms with Crippen molar-refractivity contribution in [2.45, 2.75) is 39.3 Å². The van der Waals surface area contributed by atoms with Crippen LogP contribution >= 0.6 is 0 Å². The normalized spacial score (nSPS) is 18.9. The van der Waals surface area contributed by atoms with Crippen molar-refractivity contribution in [2.24, 2.45) is 4.99 Å². The van der Waals surface area contributed by atoms with Gasteiger partial charge in [-0.25, -0.2) is 9.79 Å². The number of amides is 2. The third-order valence-electron chi connectivity index (χ3n) is 5.57. The van der Waals surface area contributed by atoms with Gasteiger partial charge in [0.1, 0.15) is 0 Å². The van der Waals surface area contributed by atoms with Crippen LogP contribution < -0.4 is 16.0 Å². The van der Waals surface area contributed by atoms with E-state index in [2.05, 4.69) is 34.7 Å². The average molecular weight is 417 g/mol. The minimum atomic E-state index is -0.0137. The zero-order valence-electron chi connectivity index (χ0n) is 18.3. The van der Waals surface area contributed by atoms with E-state index in [1.54, 1.807) is 0 Å². The summed E-state index contributed by atoms with van der Waals surface area (Å²) in [7, 11) is 0. The van der Waals surface area contributed by atoms with Crippen molar-refractivity contribution in [1.82, 2.24) is 20.4 Å². The first-order valence-electron chi connectivity index (χ1n) is 11.1. The smallest absolute Gasteiger partial charge is 0.321 e. The Morgan fingerprint density at radius 3 is 2.67 bits per heavy atom. The van der Waals surface area contributed by atoms with E-state index >= 15 is 0 Å². The summed E-state index contributed by atoms with van der Waals surface area (Å²) in [5, 5.41) is 9.77. The Balaban J connectivity index is 1.52. The molecule has 0 spiro atoms. The molecule has 1 aromatic rings. The molecule has 0 bridgehead atoms. The lowest BCUT2D eigenvalue weighted by atomic mass is 10.2. The second-order valence-electron chi connectivity index (χ2n) is 7.90. The summed E-state index contributed by atoms with van der Waals surface area (Å²) in [6.45, 7) is 11.7. The molecule has 3 N–H and O–H groups in total. The first-order valence-corrected chi connectivity index (χ1v) is 11.1.